The third-order valence-corrected chi connectivity index (χ3v) is 2.05. The molecule has 0 aliphatic heterocycles. The largest absolute Gasteiger partial charge is 0.324 e. The van der Waals surface area contributed by atoms with Crippen molar-refractivity contribution in [3.05, 3.63) is 48.1 Å². The van der Waals surface area contributed by atoms with Gasteiger partial charge in [0.25, 0.3) is 0 Å². The van der Waals surface area contributed by atoms with Crippen molar-refractivity contribution >= 4 is 12.4 Å². The monoisotopic (exact) mass is 233 g/mol. The van der Waals surface area contributed by atoms with E-state index < -0.39 is 17.7 Å². The van der Waals surface area contributed by atoms with Crippen LogP contribution in [0.2, 0.25) is 0 Å². The van der Waals surface area contributed by atoms with E-state index in [1.165, 1.54) is 18.2 Å². The van der Waals surface area contributed by atoms with Gasteiger partial charge in [-0.15, -0.1) is 19.0 Å². The van der Waals surface area contributed by atoms with Crippen LogP contribution in [0.4, 0.5) is 8.78 Å². The van der Waals surface area contributed by atoms with Crippen molar-refractivity contribution < 1.29 is 8.78 Å². The molecule has 1 aromatic carbocycles. The molecular formula is C11H14ClF2N. The first-order valence-electron chi connectivity index (χ1n) is 4.47. The van der Waals surface area contributed by atoms with E-state index >= 15 is 0 Å². The van der Waals surface area contributed by atoms with Gasteiger partial charge in [0.15, 0.2) is 0 Å². The summed E-state index contributed by atoms with van der Waals surface area (Å²) in [7, 11) is 0. The number of halogens is 3. The van der Waals surface area contributed by atoms with Gasteiger partial charge >= 0.3 is 0 Å². The van der Waals surface area contributed by atoms with E-state index in [0.29, 0.717) is 12.8 Å². The number of allylic oxidation sites excluding steroid dienone is 1. The standard InChI is InChI=1S/C11H13F2N.ClH/c1-2-3-7-10(14)11-8(12)5-4-6-9(11)13;/h2,4-6,10H,1,3,7,14H2;1H/t10-;/m0./s1. The lowest BCUT2D eigenvalue weighted by Gasteiger charge is -2.12. The lowest BCUT2D eigenvalue weighted by atomic mass is 10.0. The maximum atomic E-state index is 13.2. The quantitative estimate of drug-likeness (QED) is 0.793. The van der Waals surface area contributed by atoms with Crippen LogP contribution in [0, 0.1) is 11.6 Å². The van der Waals surface area contributed by atoms with Crippen LogP contribution in [0.5, 0.6) is 0 Å². The molecule has 1 nitrogen and oxygen atoms in total. The molecule has 4 heteroatoms. The highest BCUT2D eigenvalue weighted by Gasteiger charge is 2.15. The topological polar surface area (TPSA) is 26.0 Å². The maximum Gasteiger partial charge on any atom is 0.130 e. The molecular weight excluding hydrogens is 220 g/mol. The molecule has 0 spiro atoms. The van der Waals surface area contributed by atoms with Crippen LogP contribution in [0.25, 0.3) is 0 Å². The summed E-state index contributed by atoms with van der Waals surface area (Å²) in [6.07, 6.45) is 2.83. The van der Waals surface area contributed by atoms with Crippen molar-refractivity contribution in [1.82, 2.24) is 0 Å². The predicted octanol–water partition coefficient (Wildman–Crippen LogP) is 3.35. The lowest BCUT2D eigenvalue weighted by Crippen LogP contribution is -2.13. The summed E-state index contributed by atoms with van der Waals surface area (Å²) in [5, 5.41) is 0. The first-order chi connectivity index (χ1) is 6.66. The minimum absolute atomic E-state index is 0. The van der Waals surface area contributed by atoms with Crippen molar-refractivity contribution in [1.29, 1.82) is 0 Å². The summed E-state index contributed by atoms with van der Waals surface area (Å²) >= 11 is 0. The van der Waals surface area contributed by atoms with Gasteiger partial charge < -0.3 is 5.73 Å². The third-order valence-electron chi connectivity index (χ3n) is 2.05. The first kappa shape index (κ1) is 14.1. The first-order valence-corrected chi connectivity index (χ1v) is 4.47. The van der Waals surface area contributed by atoms with Gasteiger partial charge in [-0.3, -0.25) is 0 Å². The highest BCUT2D eigenvalue weighted by molar-refractivity contribution is 5.85. The van der Waals surface area contributed by atoms with Crippen LogP contribution in [0.1, 0.15) is 24.4 Å². The van der Waals surface area contributed by atoms with E-state index in [0.717, 1.165) is 0 Å². The Morgan fingerprint density at radius 2 is 1.87 bits per heavy atom. The van der Waals surface area contributed by atoms with E-state index in [-0.39, 0.29) is 18.0 Å². The molecule has 0 radical (unpaired) electrons. The van der Waals surface area contributed by atoms with Gasteiger partial charge in [-0.2, -0.15) is 0 Å². The lowest BCUT2D eigenvalue weighted by molar-refractivity contribution is 0.514. The van der Waals surface area contributed by atoms with Crippen LogP contribution in [0.15, 0.2) is 30.9 Å². The molecule has 0 saturated heterocycles. The molecule has 0 amide bonds. The molecule has 0 heterocycles. The van der Waals surface area contributed by atoms with Crippen molar-refractivity contribution in [3.63, 3.8) is 0 Å². The van der Waals surface area contributed by atoms with Gasteiger partial charge in [0.05, 0.1) is 0 Å². The molecule has 84 valence electrons. The Bertz CT molecular complexity index is 308. The smallest absolute Gasteiger partial charge is 0.130 e. The zero-order valence-corrected chi connectivity index (χ0v) is 9.07. The summed E-state index contributed by atoms with van der Waals surface area (Å²) in [5.41, 5.74) is 5.62. The molecule has 1 rings (SSSR count). The molecule has 0 unspecified atom stereocenters. The second-order valence-electron chi connectivity index (χ2n) is 3.11. The zero-order chi connectivity index (χ0) is 10.6. The van der Waals surface area contributed by atoms with E-state index in [1.54, 1.807) is 6.08 Å². The fourth-order valence-corrected chi connectivity index (χ4v) is 1.31. The fraction of sp³-hybridized carbons (Fsp3) is 0.273. The Morgan fingerprint density at radius 3 is 2.33 bits per heavy atom. The summed E-state index contributed by atoms with van der Waals surface area (Å²) in [6.45, 7) is 3.53. The van der Waals surface area contributed by atoms with Gasteiger partial charge in [-0.1, -0.05) is 12.1 Å². The fourth-order valence-electron chi connectivity index (χ4n) is 1.31. The zero-order valence-electron chi connectivity index (χ0n) is 8.25. The molecule has 0 fully saturated rings. The number of hydrogen-bond donors (Lipinski definition) is 1. The molecule has 0 bridgehead atoms. The average Bonchev–Trinajstić information content (AvgIpc) is 2.14. The minimum atomic E-state index is -0.603. The average molecular weight is 234 g/mol. The Kier molecular flexibility index (Phi) is 6.13. The van der Waals surface area contributed by atoms with Crippen LogP contribution in [-0.2, 0) is 0 Å². The normalized spacial score (nSPS) is 11.7. The van der Waals surface area contributed by atoms with Crippen molar-refractivity contribution in [2.45, 2.75) is 18.9 Å². The molecule has 2 N–H and O–H groups in total. The SMILES string of the molecule is C=CCC[C@H](N)c1c(F)cccc1F.Cl. The van der Waals surface area contributed by atoms with Crippen molar-refractivity contribution in [3.8, 4) is 0 Å². The minimum Gasteiger partial charge on any atom is -0.324 e. The summed E-state index contributed by atoms with van der Waals surface area (Å²) in [5.74, 6) is -1.16. The van der Waals surface area contributed by atoms with Gasteiger partial charge in [0.2, 0.25) is 0 Å². The molecule has 1 aromatic rings. The molecule has 15 heavy (non-hydrogen) atoms. The Hall–Kier alpha value is -0.930. The summed E-state index contributed by atoms with van der Waals surface area (Å²) < 4.78 is 26.4. The number of hydrogen-bond acceptors (Lipinski definition) is 1. The third kappa shape index (κ3) is 3.61. The van der Waals surface area contributed by atoms with E-state index in [4.69, 9.17) is 5.73 Å². The van der Waals surface area contributed by atoms with E-state index in [2.05, 4.69) is 6.58 Å². The van der Waals surface area contributed by atoms with Crippen LogP contribution >= 0.6 is 12.4 Å². The van der Waals surface area contributed by atoms with Gasteiger partial charge in [-0.25, -0.2) is 8.78 Å². The Balaban J connectivity index is 0.00000196. The maximum absolute atomic E-state index is 13.2. The number of nitrogens with two attached hydrogens (primary N) is 1. The van der Waals surface area contributed by atoms with E-state index in [9.17, 15) is 8.78 Å². The number of benzene rings is 1. The summed E-state index contributed by atoms with van der Waals surface area (Å²) in [4.78, 5) is 0. The Morgan fingerprint density at radius 1 is 1.33 bits per heavy atom. The van der Waals surface area contributed by atoms with Crippen molar-refractivity contribution in [2.24, 2.45) is 5.73 Å². The van der Waals surface area contributed by atoms with Crippen molar-refractivity contribution in [2.75, 3.05) is 0 Å². The second-order valence-corrected chi connectivity index (χ2v) is 3.11. The van der Waals surface area contributed by atoms with Crippen LogP contribution in [-0.4, -0.2) is 0 Å². The molecule has 0 aliphatic carbocycles. The van der Waals surface area contributed by atoms with E-state index in [1.807, 2.05) is 0 Å². The number of rotatable bonds is 4. The second kappa shape index (κ2) is 6.53. The molecule has 0 saturated carbocycles. The summed E-state index contributed by atoms with van der Waals surface area (Å²) in [6, 6.07) is 3.15. The Labute approximate surface area is 94.4 Å². The van der Waals surface area contributed by atoms with Gasteiger partial charge in [0.1, 0.15) is 11.6 Å². The highest BCUT2D eigenvalue weighted by Crippen LogP contribution is 2.22. The predicted molar refractivity (Wildman–Crippen MR) is 60.0 cm³/mol. The highest BCUT2D eigenvalue weighted by atomic mass is 35.5. The molecule has 0 aromatic heterocycles. The molecule has 1 atom stereocenters. The molecule has 0 aliphatic rings. The van der Waals surface area contributed by atoms with Crippen LogP contribution < -0.4 is 5.73 Å². The van der Waals surface area contributed by atoms with Gasteiger partial charge in [-0.05, 0) is 25.0 Å². The van der Waals surface area contributed by atoms with Gasteiger partial charge in [0, 0.05) is 11.6 Å². The van der Waals surface area contributed by atoms with Crippen LogP contribution in [0.3, 0.4) is 0 Å².